The zero-order valence-corrected chi connectivity index (χ0v) is 15.4. The van der Waals surface area contributed by atoms with Gasteiger partial charge in [-0.05, 0) is 18.2 Å². The maximum Gasteiger partial charge on any atom is 0.260 e. The van der Waals surface area contributed by atoms with E-state index >= 15 is 0 Å². The lowest BCUT2D eigenvalue weighted by atomic mass is 10.1. The molecule has 0 saturated carbocycles. The summed E-state index contributed by atoms with van der Waals surface area (Å²) in [4.78, 5) is 11.3. The molecule has 2 aromatic rings. The van der Waals surface area contributed by atoms with Crippen LogP contribution in [0.3, 0.4) is 0 Å². The Morgan fingerprint density at radius 3 is 1.92 bits per heavy atom. The van der Waals surface area contributed by atoms with Gasteiger partial charge in [0, 0.05) is 12.1 Å². The second kappa shape index (κ2) is 7.92. The predicted octanol–water partition coefficient (Wildman–Crippen LogP) is 2.01. The molecule has 2 rings (SSSR count). The topological polar surface area (TPSA) is 105 Å². The summed E-state index contributed by atoms with van der Waals surface area (Å²) in [6.45, 7) is 0. The van der Waals surface area contributed by atoms with Gasteiger partial charge in [0.2, 0.25) is 9.84 Å². The van der Waals surface area contributed by atoms with Crippen molar-refractivity contribution in [3.8, 4) is 17.2 Å². The minimum atomic E-state index is -4.12. The van der Waals surface area contributed by atoms with Gasteiger partial charge in [-0.15, -0.1) is 0 Å². The van der Waals surface area contributed by atoms with Crippen molar-refractivity contribution in [2.45, 2.75) is 4.90 Å². The zero-order chi connectivity index (χ0) is 19.3. The fourth-order valence-electron chi connectivity index (χ4n) is 2.31. The number of hydrogen-bond donors (Lipinski definition) is 1. The van der Waals surface area contributed by atoms with Crippen molar-refractivity contribution in [2.75, 3.05) is 21.3 Å². The average molecular weight is 377 g/mol. The fourth-order valence-corrected chi connectivity index (χ4v) is 3.62. The summed E-state index contributed by atoms with van der Waals surface area (Å²) in [5.41, 5.74) is 5.61. The van der Waals surface area contributed by atoms with Gasteiger partial charge in [0.25, 0.3) is 5.91 Å². The molecule has 0 aliphatic rings. The van der Waals surface area contributed by atoms with Crippen LogP contribution in [0.5, 0.6) is 17.2 Å². The van der Waals surface area contributed by atoms with Crippen LogP contribution in [0.4, 0.5) is 0 Å². The predicted molar refractivity (Wildman–Crippen MR) is 96.9 cm³/mol. The van der Waals surface area contributed by atoms with E-state index < -0.39 is 20.6 Å². The van der Waals surface area contributed by atoms with Crippen molar-refractivity contribution in [2.24, 2.45) is 5.73 Å². The first-order chi connectivity index (χ1) is 12.3. The number of rotatable bonds is 7. The van der Waals surface area contributed by atoms with Gasteiger partial charge in [0.1, 0.15) is 22.2 Å². The highest BCUT2D eigenvalue weighted by molar-refractivity contribution is 7.96. The number of amides is 1. The lowest BCUT2D eigenvalue weighted by Crippen LogP contribution is -2.21. The number of benzene rings is 2. The third-order valence-electron chi connectivity index (χ3n) is 3.61. The van der Waals surface area contributed by atoms with Crippen LogP contribution in [-0.4, -0.2) is 35.7 Å². The molecule has 2 N–H and O–H groups in total. The highest BCUT2D eigenvalue weighted by atomic mass is 32.2. The summed E-state index contributed by atoms with van der Waals surface area (Å²) >= 11 is 0. The molecule has 0 aliphatic heterocycles. The largest absolute Gasteiger partial charge is 0.496 e. The van der Waals surface area contributed by atoms with Gasteiger partial charge in [0.05, 0.1) is 31.8 Å². The van der Waals surface area contributed by atoms with E-state index in [2.05, 4.69) is 0 Å². The van der Waals surface area contributed by atoms with Crippen molar-refractivity contribution in [1.82, 2.24) is 0 Å². The lowest BCUT2D eigenvalue weighted by Gasteiger charge is -2.14. The van der Waals surface area contributed by atoms with E-state index in [1.54, 1.807) is 30.3 Å². The molecule has 7 nitrogen and oxygen atoms in total. The third-order valence-corrected chi connectivity index (χ3v) is 5.41. The van der Waals surface area contributed by atoms with Crippen LogP contribution in [-0.2, 0) is 14.6 Å². The molecule has 0 radical (unpaired) electrons. The molecule has 0 saturated heterocycles. The van der Waals surface area contributed by atoms with Crippen molar-refractivity contribution in [3.63, 3.8) is 0 Å². The van der Waals surface area contributed by atoms with Crippen LogP contribution in [0.2, 0.25) is 0 Å². The maximum absolute atomic E-state index is 12.8. The Balaban J connectivity index is 2.73. The first-order valence-corrected chi connectivity index (χ1v) is 8.95. The Morgan fingerprint density at radius 1 is 0.962 bits per heavy atom. The number of methoxy groups -OCH3 is 3. The molecular weight excluding hydrogens is 358 g/mol. The number of hydrogen-bond acceptors (Lipinski definition) is 6. The van der Waals surface area contributed by atoms with E-state index in [9.17, 15) is 13.2 Å². The third kappa shape index (κ3) is 3.80. The number of carbonyl (C=O) groups is 1. The van der Waals surface area contributed by atoms with Crippen molar-refractivity contribution in [3.05, 3.63) is 52.9 Å². The van der Waals surface area contributed by atoms with Gasteiger partial charge in [-0.25, -0.2) is 8.42 Å². The van der Waals surface area contributed by atoms with E-state index in [4.69, 9.17) is 19.9 Å². The standard InChI is InChI=1S/C18H19NO6S/c1-23-12-9-15(24-2)14(16(10-12)25-3)11-17(18(19)20)26(21,22)13-7-5-4-6-8-13/h4-11H,1-3H3,(H2,19,20)/b17-11+. The SMILES string of the molecule is COc1cc(OC)c(/C=C(\C(N)=O)S(=O)(=O)c2ccccc2)c(OC)c1. The van der Waals surface area contributed by atoms with Gasteiger partial charge >= 0.3 is 0 Å². The van der Waals surface area contributed by atoms with E-state index in [0.29, 0.717) is 5.75 Å². The number of primary amides is 1. The fraction of sp³-hybridized carbons (Fsp3) is 0.167. The van der Waals surface area contributed by atoms with E-state index in [-0.39, 0.29) is 22.0 Å². The molecule has 0 aromatic heterocycles. The molecule has 8 heteroatoms. The second-order valence-corrected chi connectivity index (χ2v) is 7.05. The molecular formula is C18H19NO6S. The molecule has 0 aliphatic carbocycles. The summed E-state index contributed by atoms with van der Waals surface area (Å²) in [6, 6.07) is 10.6. The van der Waals surface area contributed by atoms with Crippen molar-refractivity contribution >= 4 is 21.8 Å². The Bertz CT molecular complexity index is 910. The van der Waals surface area contributed by atoms with Crippen molar-refractivity contribution < 1.29 is 27.4 Å². The van der Waals surface area contributed by atoms with Gasteiger partial charge in [-0.1, -0.05) is 18.2 Å². The van der Waals surface area contributed by atoms with E-state index in [1.165, 1.54) is 33.5 Å². The molecule has 0 bridgehead atoms. The van der Waals surface area contributed by atoms with Gasteiger partial charge in [-0.3, -0.25) is 4.79 Å². The van der Waals surface area contributed by atoms with Crippen LogP contribution < -0.4 is 19.9 Å². The molecule has 0 spiro atoms. The summed E-state index contributed by atoms with van der Waals surface area (Å²) in [6.07, 6.45) is 1.14. The van der Waals surface area contributed by atoms with Gasteiger partial charge in [-0.2, -0.15) is 0 Å². The van der Waals surface area contributed by atoms with Gasteiger partial charge < -0.3 is 19.9 Å². The lowest BCUT2D eigenvalue weighted by molar-refractivity contribution is -0.113. The van der Waals surface area contributed by atoms with Crippen LogP contribution in [0.25, 0.3) is 6.08 Å². The molecule has 138 valence electrons. The second-order valence-electron chi connectivity index (χ2n) is 5.13. The van der Waals surface area contributed by atoms with E-state index in [1.807, 2.05) is 0 Å². The molecule has 0 unspecified atom stereocenters. The number of carbonyl (C=O) groups excluding carboxylic acids is 1. The highest BCUT2D eigenvalue weighted by Gasteiger charge is 2.26. The molecule has 0 atom stereocenters. The highest BCUT2D eigenvalue weighted by Crippen LogP contribution is 2.36. The van der Waals surface area contributed by atoms with Crippen LogP contribution in [0.15, 0.2) is 52.3 Å². The van der Waals surface area contributed by atoms with Gasteiger partial charge in [0.15, 0.2) is 0 Å². The number of nitrogens with two attached hydrogens (primary N) is 1. The van der Waals surface area contributed by atoms with Crippen LogP contribution >= 0.6 is 0 Å². The van der Waals surface area contributed by atoms with Crippen LogP contribution in [0.1, 0.15) is 5.56 Å². The minimum Gasteiger partial charge on any atom is -0.496 e. The first-order valence-electron chi connectivity index (χ1n) is 7.46. The zero-order valence-electron chi connectivity index (χ0n) is 14.6. The Kier molecular flexibility index (Phi) is 5.89. The summed E-state index contributed by atoms with van der Waals surface area (Å²) in [5.74, 6) is -0.109. The first kappa shape index (κ1) is 19.3. The maximum atomic E-state index is 12.8. The molecule has 0 fully saturated rings. The Morgan fingerprint density at radius 2 is 1.50 bits per heavy atom. The number of ether oxygens (including phenoxy) is 3. The normalized spacial score (nSPS) is 11.7. The molecule has 1 amide bonds. The molecule has 2 aromatic carbocycles. The smallest absolute Gasteiger partial charge is 0.260 e. The van der Waals surface area contributed by atoms with Crippen LogP contribution in [0, 0.1) is 0 Å². The van der Waals surface area contributed by atoms with Crippen molar-refractivity contribution in [1.29, 1.82) is 0 Å². The molecule has 26 heavy (non-hydrogen) atoms. The number of sulfone groups is 1. The minimum absolute atomic E-state index is 0.0449. The Hall–Kier alpha value is -3.00. The summed E-state index contributed by atoms with van der Waals surface area (Å²) < 4.78 is 41.4. The quantitative estimate of drug-likeness (QED) is 0.740. The van der Waals surface area contributed by atoms with E-state index in [0.717, 1.165) is 6.08 Å². The summed E-state index contributed by atoms with van der Waals surface area (Å²) in [5, 5.41) is 0. The molecule has 0 heterocycles. The Labute approximate surface area is 151 Å². The monoisotopic (exact) mass is 377 g/mol. The average Bonchev–Trinajstić information content (AvgIpc) is 2.65. The summed E-state index contributed by atoms with van der Waals surface area (Å²) in [7, 11) is 0.159.